The summed E-state index contributed by atoms with van der Waals surface area (Å²) < 4.78 is 5.08. The third-order valence-electron chi connectivity index (χ3n) is 2.59. The molecule has 0 aliphatic rings. The van der Waals surface area contributed by atoms with E-state index in [0.29, 0.717) is 6.04 Å². The van der Waals surface area contributed by atoms with E-state index in [1.165, 1.54) is 11.3 Å². The van der Waals surface area contributed by atoms with Crippen LogP contribution in [0.3, 0.4) is 0 Å². The van der Waals surface area contributed by atoms with Gasteiger partial charge in [-0.25, -0.2) is 0 Å². The van der Waals surface area contributed by atoms with E-state index in [9.17, 15) is 0 Å². The lowest BCUT2D eigenvalue weighted by molar-refractivity contribution is 0.191. The van der Waals surface area contributed by atoms with E-state index < -0.39 is 0 Å². The van der Waals surface area contributed by atoms with Crippen LogP contribution < -0.4 is 5.32 Å². The molecule has 0 saturated heterocycles. The van der Waals surface area contributed by atoms with Crippen LogP contribution in [0.1, 0.15) is 18.9 Å². The highest BCUT2D eigenvalue weighted by atomic mass is 16.5. The third-order valence-corrected chi connectivity index (χ3v) is 2.59. The Morgan fingerprint density at radius 2 is 2.12 bits per heavy atom. The van der Waals surface area contributed by atoms with Gasteiger partial charge < -0.3 is 15.0 Å². The van der Waals surface area contributed by atoms with Crippen LogP contribution in [0.5, 0.6) is 0 Å². The first-order valence-electron chi connectivity index (χ1n) is 6.11. The zero-order valence-corrected chi connectivity index (χ0v) is 11.4. The van der Waals surface area contributed by atoms with E-state index in [1.54, 1.807) is 7.11 Å². The molecule has 0 aromatic heterocycles. The second-order valence-electron chi connectivity index (χ2n) is 4.77. The SMILES string of the molecule is COCCC(C)Nc1cccc(CN(C)C)c1. The average Bonchev–Trinajstić information content (AvgIpc) is 2.26. The highest BCUT2D eigenvalue weighted by Crippen LogP contribution is 2.13. The number of rotatable bonds is 7. The lowest BCUT2D eigenvalue weighted by atomic mass is 10.1. The molecule has 1 N–H and O–H groups in total. The summed E-state index contributed by atoms with van der Waals surface area (Å²) in [4.78, 5) is 2.17. The van der Waals surface area contributed by atoms with Crippen molar-refractivity contribution in [2.75, 3.05) is 33.1 Å². The van der Waals surface area contributed by atoms with E-state index >= 15 is 0 Å². The molecule has 3 nitrogen and oxygen atoms in total. The summed E-state index contributed by atoms with van der Waals surface area (Å²) in [5.74, 6) is 0. The molecule has 0 heterocycles. The van der Waals surface area contributed by atoms with Crippen molar-refractivity contribution in [3.05, 3.63) is 29.8 Å². The Balaban J connectivity index is 2.53. The predicted molar refractivity (Wildman–Crippen MR) is 73.4 cm³/mol. The number of nitrogens with zero attached hydrogens (tertiary/aromatic N) is 1. The molecule has 0 saturated carbocycles. The van der Waals surface area contributed by atoms with Crippen LogP contribution in [-0.4, -0.2) is 38.8 Å². The predicted octanol–water partition coefficient (Wildman–Crippen LogP) is 2.59. The molecule has 0 aliphatic heterocycles. The van der Waals surface area contributed by atoms with Crippen LogP contribution in [0.15, 0.2) is 24.3 Å². The summed E-state index contributed by atoms with van der Waals surface area (Å²) in [6.07, 6.45) is 1.02. The Bertz CT molecular complexity index is 326. The number of benzene rings is 1. The highest BCUT2D eigenvalue weighted by Gasteiger charge is 2.02. The molecule has 1 aromatic carbocycles. The van der Waals surface area contributed by atoms with Gasteiger partial charge >= 0.3 is 0 Å². The average molecular weight is 236 g/mol. The molecule has 1 rings (SSSR count). The molecule has 0 radical (unpaired) electrons. The van der Waals surface area contributed by atoms with Crippen LogP contribution in [-0.2, 0) is 11.3 Å². The zero-order valence-electron chi connectivity index (χ0n) is 11.4. The second-order valence-corrected chi connectivity index (χ2v) is 4.77. The van der Waals surface area contributed by atoms with Gasteiger partial charge in [0.05, 0.1) is 0 Å². The van der Waals surface area contributed by atoms with Gasteiger partial charge in [-0.15, -0.1) is 0 Å². The van der Waals surface area contributed by atoms with E-state index in [1.807, 2.05) is 0 Å². The van der Waals surface area contributed by atoms with Gasteiger partial charge in [0.25, 0.3) is 0 Å². The summed E-state index contributed by atoms with van der Waals surface area (Å²) in [6, 6.07) is 9.02. The minimum atomic E-state index is 0.435. The summed E-state index contributed by atoms with van der Waals surface area (Å²) in [6.45, 7) is 3.95. The summed E-state index contributed by atoms with van der Waals surface area (Å²) in [7, 11) is 5.91. The monoisotopic (exact) mass is 236 g/mol. The zero-order chi connectivity index (χ0) is 12.7. The maximum atomic E-state index is 5.08. The Hall–Kier alpha value is -1.06. The topological polar surface area (TPSA) is 24.5 Å². The fourth-order valence-corrected chi connectivity index (χ4v) is 1.78. The van der Waals surface area contributed by atoms with E-state index in [0.717, 1.165) is 19.6 Å². The van der Waals surface area contributed by atoms with Gasteiger partial charge in [0.2, 0.25) is 0 Å². The van der Waals surface area contributed by atoms with Crippen LogP contribution in [0.2, 0.25) is 0 Å². The lowest BCUT2D eigenvalue weighted by Gasteiger charge is -2.16. The first kappa shape index (κ1) is 14.0. The Labute approximate surface area is 105 Å². The number of ether oxygens (including phenoxy) is 1. The van der Waals surface area contributed by atoms with Gasteiger partial charge in [-0.1, -0.05) is 12.1 Å². The van der Waals surface area contributed by atoms with E-state index in [-0.39, 0.29) is 0 Å². The molecule has 1 unspecified atom stereocenters. The number of nitrogens with one attached hydrogen (secondary N) is 1. The van der Waals surface area contributed by atoms with Crippen molar-refractivity contribution in [2.45, 2.75) is 25.9 Å². The highest BCUT2D eigenvalue weighted by molar-refractivity contribution is 5.46. The molecule has 1 aromatic rings. The number of anilines is 1. The molecular formula is C14H24N2O. The fraction of sp³-hybridized carbons (Fsp3) is 0.571. The summed E-state index contributed by atoms with van der Waals surface area (Å²) in [5.41, 5.74) is 2.52. The first-order chi connectivity index (χ1) is 8.11. The van der Waals surface area contributed by atoms with E-state index in [2.05, 4.69) is 55.5 Å². The van der Waals surface area contributed by atoms with Crippen molar-refractivity contribution in [3.63, 3.8) is 0 Å². The van der Waals surface area contributed by atoms with Crippen molar-refractivity contribution < 1.29 is 4.74 Å². The van der Waals surface area contributed by atoms with Gasteiger partial charge in [0.15, 0.2) is 0 Å². The van der Waals surface area contributed by atoms with Gasteiger partial charge in [-0.2, -0.15) is 0 Å². The smallest absolute Gasteiger partial charge is 0.0481 e. The van der Waals surface area contributed by atoms with Gasteiger partial charge in [0.1, 0.15) is 0 Å². The Morgan fingerprint density at radius 3 is 2.76 bits per heavy atom. The molecule has 0 fully saturated rings. The standard InChI is InChI=1S/C14H24N2O/c1-12(8-9-17-4)15-14-7-5-6-13(10-14)11-16(2)3/h5-7,10,12,15H,8-9,11H2,1-4H3. The quantitative estimate of drug-likeness (QED) is 0.787. The van der Waals surface area contributed by atoms with E-state index in [4.69, 9.17) is 4.74 Å². The molecule has 0 spiro atoms. The lowest BCUT2D eigenvalue weighted by Crippen LogP contribution is -2.17. The molecule has 96 valence electrons. The second kappa shape index (κ2) is 7.30. The van der Waals surface area contributed by atoms with Gasteiger partial charge in [0, 0.05) is 32.0 Å². The van der Waals surface area contributed by atoms with Gasteiger partial charge in [-0.05, 0) is 45.1 Å². The molecular weight excluding hydrogens is 212 g/mol. The molecule has 0 aliphatic carbocycles. The van der Waals surface area contributed by atoms with Crippen molar-refractivity contribution in [2.24, 2.45) is 0 Å². The maximum Gasteiger partial charge on any atom is 0.0481 e. The summed E-state index contributed by atoms with van der Waals surface area (Å²) >= 11 is 0. The number of hydrogen-bond donors (Lipinski definition) is 1. The molecule has 0 bridgehead atoms. The minimum absolute atomic E-state index is 0.435. The van der Waals surface area contributed by atoms with Crippen molar-refractivity contribution >= 4 is 5.69 Å². The number of hydrogen-bond acceptors (Lipinski definition) is 3. The molecule has 1 atom stereocenters. The maximum absolute atomic E-state index is 5.08. The van der Waals surface area contributed by atoms with Crippen LogP contribution in [0.4, 0.5) is 5.69 Å². The van der Waals surface area contributed by atoms with Gasteiger partial charge in [-0.3, -0.25) is 0 Å². The molecule has 3 heteroatoms. The summed E-state index contributed by atoms with van der Waals surface area (Å²) in [5, 5.41) is 3.49. The minimum Gasteiger partial charge on any atom is -0.385 e. The fourth-order valence-electron chi connectivity index (χ4n) is 1.78. The molecule has 0 amide bonds. The molecule has 17 heavy (non-hydrogen) atoms. The third kappa shape index (κ3) is 5.71. The first-order valence-corrected chi connectivity index (χ1v) is 6.11. The normalized spacial score (nSPS) is 12.8. The van der Waals surface area contributed by atoms with Crippen molar-refractivity contribution in [1.29, 1.82) is 0 Å². The Kier molecular flexibility index (Phi) is 6.01. The van der Waals surface area contributed by atoms with Crippen LogP contribution >= 0.6 is 0 Å². The van der Waals surface area contributed by atoms with Crippen LogP contribution in [0, 0.1) is 0 Å². The van der Waals surface area contributed by atoms with Crippen molar-refractivity contribution in [3.8, 4) is 0 Å². The largest absolute Gasteiger partial charge is 0.385 e. The Morgan fingerprint density at radius 1 is 1.35 bits per heavy atom. The van der Waals surface area contributed by atoms with Crippen molar-refractivity contribution in [1.82, 2.24) is 4.90 Å². The van der Waals surface area contributed by atoms with Crippen LogP contribution in [0.25, 0.3) is 0 Å². The number of methoxy groups -OCH3 is 1.